The van der Waals surface area contributed by atoms with E-state index >= 15 is 0 Å². The predicted molar refractivity (Wildman–Crippen MR) is 192 cm³/mol. The van der Waals surface area contributed by atoms with Gasteiger partial charge in [0, 0.05) is 52.8 Å². The lowest BCUT2D eigenvalue weighted by atomic mass is 10.0. The third-order valence-corrected chi connectivity index (χ3v) is 10.8. The summed E-state index contributed by atoms with van der Waals surface area (Å²) in [5, 5.41) is 22.1. The molecule has 0 amide bonds. The van der Waals surface area contributed by atoms with Crippen LogP contribution in [-0.2, 0) is 0 Å². The van der Waals surface area contributed by atoms with Crippen molar-refractivity contribution in [2.45, 2.75) is 63.3 Å². The van der Waals surface area contributed by atoms with Gasteiger partial charge in [-0.25, -0.2) is 9.37 Å². The Balaban J connectivity index is 1.09. The third kappa shape index (κ3) is 5.53. The van der Waals surface area contributed by atoms with Gasteiger partial charge in [0.1, 0.15) is 35.4 Å². The van der Waals surface area contributed by atoms with Gasteiger partial charge in [-0.05, 0) is 74.2 Å². The zero-order chi connectivity index (χ0) is 33.9. The number of nitrogens with zero attached hydrogens (tertiary/aromatic N) is 3. The molecule has 6 atom stereocenters. The summed E-state index contributed by atoms with van der Waals surface area (Å²) in [5.41, 5.74) is 7.67. The number of hydrogen-bond acceptors (Lipinski definition) is 8. The maximum Gasteiger partial charge on any atom is 0.203 e. The average Bonchev–Trinajstić information content (AvgIpc) is 3.97. The minimum Gasteiger partial charge on any atom is -0.508 e. The lowest BCUT2D eigenvalue weighted by molar-refractivity contribution is 0.172. The molecule has 2 fully saturated rings. The first-order chi connectivity index (χ1) is 24.4. The smallest absolute Gasteiger partial charge is 0.203 e. The number of fused-ring (bicyclic) bond motifs is 5. The molecule has 0 aliphatic carbocycles. The zero-order valence-electron chi connectivity index (χ0n) is 28.2. The molecule has 5 N–H and O–H groups in total. The van der Waals surface area contributed by atoms with E-state index in [0.29, 0.717) is 31.2 Å². The highest BCUT2D eigenvalue weighted by Crippen LogP contribution is 2.46. The fourth-order valence-electron chi connectivity index (χ4n) is 8.27. The van der Waals surface area contributed by atoms with Gasteiger partial charge in [-0.15, -0.1) is 0 Å². The molecule has 5 aromatic rings. The molecule has 0 bridgehead atoms. The number of methoxy groups -OCH3 is 1. The van der Waals surface area contributed by atoms with Crippen LogP contribution >= 0.6 is 0 Å². The van der Waals surface area contributed by atoms with Crippen molar-refractivity contribution in [1.29, 1.82) is 0 Å². The van der Waals surface area contributed by atoms with Crippen LogP contribution in [0.3, 0.4) is 0 Å². The molecule has 0 saturated carbocycles. The largest absolute Gasteiger partial charge is 0.508 e. The number of phenols is 1. The summed E-state index contributed by atoms with van der Waals surface area (Å²) in [6.07, 6.45) is 4.38. The van der Waals surface area contributed by atoms with Gasteiger partial charge in [-0.3, -0.25) is 10.3 Å². The second-order valence-corrected chi connectivity index (χ2v) is 14.1. The van der Waals surface area contributed by atoms with Crippen molar-refractivity contribution >= 4 is 16.6 Å². The van der Waals surface area contributed by atoms with Crippen LogP contribution in [0, 0.1) is 5.92 Å². The number of phenolic OH excluding ortho intramolecular Hbond substituents is 1. The Labute approximate surface area is 290 Å². The Bertz CT molecular complexity index is 2110. The van der Waals surface area contributed by atoms with Crippen LogP contribution in [-0.4, -0.2) is 70.5 Å². The number of nitrogens with one attached hydrogen (secondary N) is 4. The molecule has 4 aliphatic rings. The molecule has 2 aromatic heterocycles. The molecule has 4 aliphatic heterocycles. The molecular weight excluding hydrogens is 633 g/mol. The fraction of sp³-hybridized carbons (Fsp3) is 0.385. The molecule has 50 heavy (non-hydrogen) atoms. The molecular formula is C39H42FN7O3. The number of aliphatic imine (C=N–C) groups is 1. The van der Waals surface area contributed by atoms with Gasteiger partial charge in [0.15, 0.2) is 0 Å². The number of hydrogen-bond donors (Lipinski definition) is 5. The summed E-state index contributed by atoms with van der Waals surface area (Å²) in [6, 6.07) is 20.4. The Hall–Kier alpha value is -4.71. The molecule has 258 valence electrons. The SMILES string of the molecule is CCCC1CNC(c2ncc(-c3ccc4c(c3)cc3n4C(c4cc(O)cc(OC)c4)Oc4cc(C5=NC(C6CC(F)CN6)NC5)ccc4-3)[nH]2)C1. The molecule has 0 spiro atoms. The Kier molecular flexibility index (Phi) is 7.86. The van der Waals surface area contributed by atoms with Gasteiger partial charge in [-0.2, -0.15) is 0 Å². The second-order valence-electron chi connectivity index (χ2n) is 14.1. The van der Waals surface area contributed by atoms with E-state index in [1.54, 1.807) is 19.2 Å². The number of benzene rings is 3. The third-order valence-electron chi connectivity index (χ3n) is 10.8. The first-order valence-electron chi connectivity index (χ1n) is 17.7. The minimum absolute atomic E-state index is 0.0204. The number of imidazole rings is 1. The van der Waals surface area contributed by atoms with Crippen LogP contribution in [0.1, 0.15) is 61.8 Å². The van der Waals surface area contributed by atoms with Gasteiger partial charge in [-0.1, -0.05) is 25.5 Å². The number of aromatic nitrogens is 3. The van der Waals surface area contributed by atoms with E-state index < -0.39 is 12.4 Å². The number of halogens is 1. The fourth-order valence-corrected chi connectivity index (χ4v) is 8.27. The van der Waals surface area contributed by atoms with Crippen molar-refractivity contribution in [3.05, 3.63) is 83.8 Å². The van der Waals surface area contributed by atoms with Crippen LogP contribution in [0.4, 0.5) is 4.39 Å². The van der Waals surface area contributed by atoms with Crippen LogP contribution in [0.25, 0.3) is 33.4 Å². The van der Waals surface area contributed by atoms with E-state index in [1.807, 2.05) is 18.3 Å². The molecule has 6 heterocycles. The number of alkyl halides is 1. The monoisotopic (exact) mass is 675 g/mol. The predicted octanol–water partition coefficient (Wildman–Crippen LogP) is 6.22. The van der Waals surface area contributed by atoms with E-state index in [0.717, 1.165) is 74.8 Å². The molecule has 0 radical (unpaired) electrons. The molecule has 11 heteroatoms. The quantitative estimate of drug-likeness (QED) is 0.132. The maximum atomic E-state index is 13.9. The zero-order valence-corrected chi connectivity index (χ0v) is 28.2. The van der Waals surface area contributed by atoms with Crippen molar-refractivity contribution in [3.63, 3.8) is 0 Å². The van der Waals surface area contributed by atoms with Crippen LogP contribution in [0.5, 0.6) is 17.2 Å². The summed E-state index contributed by atoms with van der Waals surface area (Å²) in [4.78, 5) is 13.3. The highest BCUT2D eigenvalue weighted by atomic mass is 19.1. The molecule has 6 unspecified atom stereocenters. The normalized spacial score (nSPS) is 25.8. The van der Waals surface area contributed by atoms with Crippen LogP contribution < -0.4 is 25.4 Å². The molecule has 9 rings (SSSR count). The van der Waals surface area contributed by atoms with Crippen molar-refractivity contribution < 1.29 is 19.0 Å². The van der Waals surface area contributed by atoms with Crippen molar-refractivity contribution in [3.8, 4) is 39.8 Å². The number of ether oxygens (including phenoxy) is 2. The van der Waals surface area contributed by atoms with Crippen molar-refractivity contribution in [1.82, 2.24) is 30.5 Å². The molecule has 3 aromatic carbocycles. The van der Waals surface area contributed by atoms with E-state index in [-0.39, 0.29) is 24.0 Å². The Morgan fingerprint density at radius 2 is 1.90 bits per heavy atom. The van der Waals surface area contributed by atoms with E-state index in [9.17, 15) is 9.50 Å². The van der Waals surface area contributed by atoms with Crippen LogP contribution in [0.15, 0.2) is 71.9 Å². The average molecular weight is 676 g/mol. The Morgan fingerprint density at radius 1 is 1.00 bits per heavy atom. The van der Waals surface area contributed by atoms with Crippen LogP contribution in [0.2, 0.25) is 0 Å². The number of aromatic amines is 1. The number of aromatic hydroxyl groups is 1. The summed E-state index contributed by atoms with van der Waals surface area (Å²) in [7, 11) is 1.59. The van der Waals surface area contributed by atoms with Gasteiger partial charge < -0.3 is 34.8 Å². The summed E-state index contributed by atoms with van der Waals surface area (Å²) < 4.78 is 28.5. The van der Waals surface area contributed by atoms with Gasteiger partial charge in [0.2, 0.25) is 6.23 Å². The lowest BCUT2D eigenvalue weighted by Gasteiger charge is -2.31. The van der Waals surface area contributed by atoms with E-state index in [1.165, 1.54) is 12.8 Å². The highest BCUT2D eigenvalue weighted by Gasteiger charge is 2.34. The number of H-pyrrole nitrogens is 1. The van der Waals surface area contributed by atoms with Gasteiger partial charge in [0.25, 0.3) is 0 Å². The van der Waals surface area contributed by atoms with Gasteiger partial charge >= 0.3 is 0 Å². The summed E-state index contributed by atoms with van der Waals surface area (Å²) in [5.74, 6) is 3.06. The summed E-state index contributed by atoms with van der Waals surface area (Å²) in [6.45, 7) is 4.26. The van der Waals surface area contributed by atoms with Crippen molar-refractivity contribution in [2.75, 3.05) is 26.7 Å². The van der Waals surface area contributed by atoms with Gasteiger partial charge in [0.05, 0.1) is 42.0 Å². The minimum atomic E-state index is -0.835. The molecule has 10 nitrogen and oxygen atoms in total. The van der Waals surface area contributed by atoms with E-state index in [2.05, 4.69) is 68.8 Å². The molecule has 2 saturated heterocycles. The standard InChI is InChI=1S/C39H42FN7O3/c1-3-4-21-9-30(41-17-21)37-43-19-32(45-37)22-6-8-34-24(10-22)13-35-29-7-5-23(33-20-44-38(46-33)31-15-26(40)18-42-31)14-36(29)50-39(47(34)35)25-11-27(48)16-28(12-25)49-2/h5-8,10-14,16,19,21,26,30-31,38-39,41-42,44,48H,3-4,9,15,17-18,20H2,1-2H3,(H,43,45). The second kappa shape index (κ2) is 12.6. The Morgan fingerprint density at radius 3 is 2.74 bits per heavy atom. The number of rotatable bonds is 8. The maximum absolute atomic E-state index is 13.9. The first kappa shape index (κ1) is 31.3. The van der Waals surface area contributed by atoms with E-state index in [4.69, 9.17) is 19.5 Å². The lowest BCUT2D eigenvalue weighted by Crippen LogP contribution is -2.40. The topological polar surface area (TPSA) is 121 Å². The summed E-state index contributed by atoms with van der Waals surface area (Å²) >= 11 is 0. The first-order valence-corrected chi connectivity index (χ1v) is 17.7. The highest BCUT2D eigenvalue weighted by molar-refractivity contribution is 6.04. The van der Waals surface area contributed by atoms with Crippen molar-refractivity contribution in [2.24, 2.45) is 10.9 Å².